The van der Waals surface area contributed by atoms with Crippen LogP contribution in [-0.2, 0) is 9.53 Å². The smallest absolute Gasteiger partial charge is 0.264 e. The molecule has 25 heavy (non-hydrogen) atoms. The molecule has 1 unspecified atom stereocenters. The van der Waals surface area contributed by atoms with Crippen LogP contribution >= 0.6 is 27.3 Å². The zero-order valence-electron chi connectivity index (χ0n) is 14.1. The standard InChI is InChI=1S/C17H20BrN3O3S/c1-10(2)12-8-11(18)5-6-13(12)24-9-15(22)19-17-21-20-16(25-17)14-4-3-7-23-14/h5-6,8,10,14H,3-4,7,9H2,1-2H3,(H,19,21,22). The van der Waals surface area contributed by atoms with Crippen LogP contribution in [0.1, 0.15) is 49.3 Å². The Hall–Kier alpha value is -1.51. The van der Waals surface area contributed by atoms with E-state index in [0.29, 0.717) is 16.8 Å². The van der Waals surface area contributed by atoms with Crippen LogP contribution in [0, 0.1) is 0 Å². The van der Waals surface area contributed by atoms with Crippen molar-refractivity contribution < 1.29 is 14.3 Å². The fourth-order valence-electron chi connectivity index (χ4n) is 2.59. The van der Waals surface area contributed by atoms with Crippen LogP contribution in [0.15, 0.2) is 22.7 Å². The van der Waals surface area contributed by atoms with Crippen molar-refractivity contribution >= 4 is 38.3 Å². The monoisotopic (exact) mass is 425 g/mol. The summed E-state index contributed by atoms with van der Waals surface area (Å²) in [5, 5.41) is 12.1. The average molecular weight is 426 g/mol. The number of nitrogens with one attached hydrogen (secondary N) is 1. The first-order valence-corrected chi connectivity index (χ1v) is 9.81. The molecule has 2 heterocycles. The largest absolute Gasteiger partial charge is 0.483 e. The number of ether oxygens (including phenoxy) is 2. The van der Waals surface area contributed by atoms with Gasteiger partial charge in [0.25, 0.3) is 5.91 Å². The topological polar surface area (TPSA) is 73.3 Å². The number of hydrogen-bond acceptors (Lipinski definition) is 6. The van der Waals surface area contributed by atoms with Gasteiger partial charge >= 0.3 is 0 Å². The zero-order valence-corrected chi connectivity index (χ0v) is 16.5. The molecule has 0 spiro atoms. The lowest BCUT2D eigenvalue weighted by Crippen LogP contribution is -2.20. The molecular weight excluding hydrogens is 406 g/mol. The number of carbonyl (C=O) groups excluding carboxylic acids is 1. The Morgan fingerprint density at radius 3 is 3.04 bits per heavy atom. The molecule has 1 saturated heterocycles. The van der Waals surface area contributed by atoms with E-state index in [1.807, 2.05) is 18.2 Å². The van der Waals surface area contributed by atoms with Crippen LogP contribution in [-0.4, -0.2) is 29.3 Å². The van der Waals surface area contributed by atoms with E-state index in [1.54, 1.807) is 0 Å². The number of benzene rings is 1. The second-order valence-electron chi connectivity index (χ2n) is 6.12. The zero-order chi connectivity index (χ0) is 17.8. The molecule has 3 rings (SSSR count). The van der Waals surface area contributed by atoms with Crippen LogP contribution in [0.4, 0.5) is 5.13 Å². The summed E-state index contributed by atoms with van der Waals surface area (Å²) in [5.41, 5.74) is 1.05. The van der Waals surface area contributed by atoms with Crippen LogP contribution in [0.25, 0.3) is 0 Å². The molecule has 8 heteroatoms. The Kier molecular flexibility index (Phi) is 6.03. The van der Waals surface area contributed by atoms with Gasteiger partial charge < -0.3 is 9.47 Å². The van der Waals surface area contributed by atoms with E-state index >= 15 is 0 Å². The third-order valence-electron chi connectivity index (χ3n) is 3.84. The number of amides is 1. The Labute approximate surface area is 159 Å². The van der Waals surface area contributed by atoms with Crippen LogP contribution in [0.5, 0.6) is 5.75 Å². The van der Waals surface area contributed by atoms with E-state index in [0.717, 1.165) is 34.5 Å². The molecule has 0 radical (unpaired) electrons. The number of aromatic nitrogens is 2. The van der Waals surface area contributed by atoms with Crippen molar-refractivity contribution in [2.24, 2.45) is 0 Å². The van der Waals surface area contributed by atoms with Gasteiger partial charge in [-0.15, -0.1) is 10.2 Å². The number of rotatable bonds is 6. The minimum atomic E-state index is -0.257. The van der Waals surface area contributed by atoms with Crippen LogP contribution in [0.2, 0.25) is 0 Å². The van der Waals surface area contributed by atoms with Crippen molar-refractivity contribution in [2.45, 2.75) is 38.7 Å². The van der Waals surface area contributed by atoms with Gasteiger partial charge in [0.1, 0.15) is 16.9 Å². The molecule has 134 valence electrons. The average Bonchev–Trinajstić information content (AvgIpc) is 3.24. The molecule has 6 nitrogen and oxygen atoms in total. The fourth-order valence-corrected chi connectivity index (χ4v) is 3.81. The predicted octanol–water partition coefficient (Wildman–Crippen LogP) is 4.29. The van der Waals surface area contributed by atoms with Crippen molar-refractivity contribution in [3.8, 4) is 5.75 Å². The number of anilines is 1. The normalized spacial score (nSPS) is 17.0. The van der Waals surface area contributed by atoms with E-state index in [1.165, 1.54) is 11.3 Å². The fraction of sp³-hybridized carbons (Fsp3) is 0.471. The van der Waals surface area contributed by atoms with Gasteiger partial charge in [-0.1, -0.05) is 41.1 Å². The van der Waals surface area contributed by atoms with Gasteiger partial charge in [0, 0.05) is 11.1 Å². The van der Waals surface area contributed by atoms with E-state index < -0.39 is 0 Å². The molecular formula is C17H20BrN3O3S. The summed E-state index contributed by atoms with van der Waals surface area (Å²) in [7, 11) is 0. The first kappa shape index (κ1) is 18.3. The lowest BCUT2D eigenvalue weighted by molar-refractivity contribution is -0.118. The summed E-state index contributed by atoms with van der Waals surface area (Å²) in [6.07, 6.45) is 1.99. The number of carbonyl (C=O) groups is 1. The van der Waals surface area contributed by atoms with Gasteiger partial charge in [-0.05, 0) is 42.5 Å². The molecule has 1 aromatic heterocycles. The number of hydrogen-bond donors (Lipinski definition) is 1. The highest BCUT2D eigenvalue weighted by Crippen LogP contribution is 2.32. The molecule has 1 amide bonds. The lowest BCUT2D eigenvalue weighted by Gasteiger charge is -2.14. The van der Waals surface area contributed by atoms with Crippen LogP contribution < -0.4 is 10.1 Å². The Morgan fingerprint density at radius 2 is 2.32 bits per heavy atom. The summed E-state index contributed by atoms with van der Waals surface area (Å²) in [6.45, 7) is 4.85. The molecule has 1 aromatic carbocycles. The minimum absolute atomic E-state index is 0.00997. The molecule has 1 aliphatic heterocycles. The van der Waals surface area contributed by atoms with Crippen molar-refractivity contribution in [2.75, 3.05) is 18.5 Å². The van der Waals surface area contributed by atoms with Gasteiger partial charge in [-0.25, -0.2) is 0 Å². The maximum absolute atomic E-state index is 12.1. The van der Waals surface area contributed by atoms with E-state index in [4.69, 9.17) is 9.47 Å². The van der Waals surface area contributed by atoms with E-state index in [2.05, 4.69) is 45.3 Å². The summed E-state index contributed by atoms with van der Waals surface area (Å²) in [5.74, 6) is 0.756. The highest BCUT2D eigenvalue weighted by molar-refractivity contribution is 9.10. The van der Waals surface area contributed by atoms with E-state index in [-0.39, 0.29) is 18.6 Å². The summed E-state index contributed by atoms with van der Waals surface area (Å²) < 4.78 is 12.3. The van der Waals surface area contributed by atoms with Gasteiger partial charge in [0.2, 0.25) is 5.13 Å². The maximum atomic E-state index is 12.1. The van der Waals surface area contributed by atoms with Gasteiger partial charge in [0.15, 0.2) is 6.61 Å². The van der Waals surface area contributed by atoms with Gasteiger partial charge in [-0.2, -0.15) is 0 Å². The second-order valence-corrected chi connectivity index (χ2v) is 8.05. The van der Waals surface area contributed by atoms with Crippen LogP contribution in [0.3, 0.4) is 0 Å². The molecule has 0 saturated carbocycles. The molecule has 0 aliphatic carbocycles. The molecule has 1 atom stereocenters. The van der Waals surface area contributed by atoms with Gasteiger partial charge in [0.05, 0.1) is 0 Å². The minimum Gasteiger partial charge on any atom is -0.483 e. The molecule has 0 bridgehead atoms. The quantitative estimate of drug-likeness (QED) is 0.746. The first-order chi connectivity index (χ1) is 12.0. The Bertz CT molecular complexity index is 744. The van der Waals surface area contributed by atoms with Gasteiger partial charge in [-0.3, -0.25) is 10.1 Å². The maximum Gasteiger partial charge on any atom is 0.264 e. The van der Waals surface area contributed by atoms with Crippen molar-refractivity contribution in [3.63, 3.8) is 0 Å². The third-order valence-corrected chi connectivity index (χ3v) is 5.27. The summed E-state index contributed by atoms with van der Waals surface area (Å²) >= 11 is 4.81. The highest BCUT2D eigenvalue weighted by Gasteiger charge is 2.22. The lowest BCUT2D eigenvalue weighted by atomic mass is 10.0. The Balaban J connectivity index is 1.56. The summed E-state index contributed by atoms with van der Waals surface area (Å²) in [4.78, 5) is 12.1. The third kappa shape index (κ3) is 4.77. The highest BCUT2D eigenvalue weighted by atomic mass is 79.9. The predicted molar refractivity (Wildman–Crippen MR) is 100 cm³/mol. The first-order valence-electron chi connectivity index (χ1n) is 8.20. The summed E-state index contributed by atoms with van der Waals surface area (Å²) in [6, 6.07) is 5.78. The molecule has 1 aliphatic rings. The van der Waals surface area contributed by atoms with Crippen molar-refractivity contribution in [1.82, 2.24) is 10.2 Å². The SMILES string of the molecule is CC(C)c1cc(Br)ccc1OCC(=O)Nc1nnc(C2CCCO2)s1. The Morgan fingerprint density at radius 1 is 1.48 bits per heavy atom. The molecule has 1 fully saturated rings. The second kappa shape index (κ2) is 8.25. The van der Waals surface area contributed by atoms with Crippen molar-refractivity contribution in [1.29, 1.82) is 0 Å². The van der Waals surface area contributed by atoms with Crippen molar-refractivity contribution in [3.05, 3.63) is 33.2 Å². The number of nitrogens with zero attached hydrogens (tertiary/aromatic N) is 2. The molecule has 1 N–H and O–H groups in total. The van der Waals surface area contributed by atoms with E-state index in [9.17, 15) is 4.79 Å². The number of halogens is 1. The molecule has 2 aromatic rings.